The number of rotatable bonds is 2. The van der Waals surface area contributed by atoms with Crippen LogP contribution in [0.4, 0.5) is 0 Å². The molecule has 0 fully saturated rings. The summed E-state index contributed by atoms with van der Waals surface area (Å²) in [6, 6.07) is 57.2. The minimum atomic E-state index is 0.902. The number of fused-ring (bicyclic) bond motifs is 12. The zero-order chi connectivity index (χ0) is 32.5. The van der Waals surface area contributed by atoms with Gasteiger partial charge >= 0.3 is 0 Å². The standard InChI is InChI=1S/C46H26N4/c1-2-14-33(15-3-1)49-41-19-18-31(22-34(41)35-20-27-10-4-6-12-29(27)25-42(35)49)32-23-37-36-21-28-11-5-7-13-30(28)26-43(36)50-45(37)38(24-32)44-46(50)48-40-17-9-8-16-39(40)47-44/h1-26H. The summed E-state index contributed by atoms with van der Waals surface area (Å²) < 4.78 is 4.74. The highest BCUT2D eigenvalue weighted by atomic mass is 15.0. The first-order chi connectivity index (χ1) is 24.8. The van der Waals surface area contributed by atoms with Gasteiger partial charge in [0.1, 0.15) is 5.52 Å². The molecule has 0 N–H and O–H groups in total. The van der Waals surface area contributed by atoms with E-state index in [0.29, 0.717) is 0 Å². The summed E-state index contributed by atoms with van der Waals surface area (Å²) in [6.45, 7) is 0. The van der Waals surface area contributed by atoms with Crippen LogP contribution in [0.3, 0.4) is 0 Å². The molecule has 12 rings (SSSR count). The van der Waals surface area contributed by atoms with Crippen LogP contribution in [0, 0.1) is 0 Å². The number of nitrogens with zero attached hydrogens (tertiary/aromatic N) is 4. The lowest BCUT2D eigenvalue weighted by atomic mass is 9.98. The predicted octanol–water partition coefficient (Wildman–Crippen LogP) is 11.9. The van der Waals surface area contributed by atoms with Gasteiger partial charge < -0.3 is 4.57 Å². The van der Waals surface area contributed by atoms with Crippen molar-refractivity contribution in [3.63, 3.8) is 0 Å². The van der Waals surface area contributed by atoms with Crippen LogP contribution in [-0.2, 0) is 0 Å². The van der Waals surface area contributed by atoms with Gasteiger partial charge in [-0.3, -0.25) is 4.40 Å². The van der Waals surface area contributed by atoms with Gasteiger partial charge in [-0.05, 0) is 105 Å². The van der Waals surface area contributed by atoms with Gasteiger partial charge in [-0.25, -0.2) is 9.97 Å². The third-order valence-corrected chi connectivity index (χ3v) is 10.7. The molecule has 0 aliphatic heterocycles. The van der Waals surface area contributed by atoms with Crippen LogP contribution in [0.2, 0.25) is 0 Å². The summed E-state index contributed by atoms with van der Waals surface area (Å²) in [4.78, 5) is 10.5. The summed E-state index contributed by atoms with van der Waals surface area (Å²) in [5.41, 5.74) is 11.9. The maximum absolute atomic E-state index is 5.24. The SMILES string of the molecule is c1ccc(-n2c3ccc(-c4cc5c6cc7ccccc7cc6n6c7nc8ccccc8nc7c(c4)c56)cc3c3cc4ccccc4cc32)cc1. The van der Waals surface area contributed by atoms with E-state index in [4.69, 9.17) is 9.97 Å². The summed E-state index contributed by atoms with van der Waals surface area (Å²) in [5.74, 6) is 0. The number of hydrogen-bond donors (Lipinski definition) is 0. The average Bonchev–Trinajstić information content (AvgIpc) is 3.78. The zero-order valence-electron chi connectivity index (χ0n) is 26.8. The number of aromatic nitrogens is 4. The van der Waals surface area contributed by atoms with E-state index in [-0.39, 0.29) is 0 Å². The lowest BCUT2D eigenvalue weighted by Crippen LogP contribution is -1.93. The summed E-state index contributed by atoms with van der Waals surface area (Å²) in [6.07, 6.45) is 0. The second kappa shape index (κ2) is 9.43. The lowest BCUT2D eigenvalue weighted by molar-refractivity contribution is 1.18. The van der Waals surface area contributed by atoms with Crippen LogP contribution in [0.25, 0.3) is 110 Å². The number of benzene rings is 8. The molecule has 0 bridgehead atoms. The number of hydrogen-bond acceptors (Lipinski definition) is 2. The van der Waals surface area contributed by atoms with Gasteiger partial charge in [0.25, 0.3) is 0 Å². The van der Waals surface area contributed by atoms with Crippen LogP contribution in [0.5, 0.6) is 0 Å². The Bertz CT molecular complexity index is 3250. The van der Waals surface area contributed by atoms with E-state index >= 15 is 0 Å². The van der Waals surface area contributed by atoms with Crippen molar-refractivity contribution in [1.82, 2.24) is 18.9 Å². The van der Waals surface area contributed by atoms with E-state index in [9.17, 15) is 0 Å². The Morgan fingerprint density at radius 3 is 1.68 bits per heavy atom. The minimum absolute atomic E-state index is 0.902. The van der Waals surface area contributed by atoms with Gasteiger partial charge in [0.2, 0.25) is 0 Å². The highest BCUT2D eigenvalue weighted by Crippen LogP contribution is 2.43. The lowest BCUT2D eigenvalue weighted by Gasteiger charge is -2.09. The fourth-order valence-electron chi connectivity index (χ4n) is 8.46. The highest BCUT2D eigenvalue weighted by Gasteiger charge is 2.22. The molecule has 0 radical (unpaired) electrons. The smallest absolute Gasteiger partial charge is 0.165 e. The van der Waals surface area contributed by atoms with Gasteiger partial charge in [0.15, 0.2) is 5.65 Å². The first-order valence-electron chi connectivity index (χ1n) is 17.1. The van der Waals surface area contributed by atoms with Crippen molar-refractivity contribution in [3.05, 3.63) is 158 Å². The molecule has 4 aromatic heterocycles. The molecule has 0 saturated carbocycles. The molecule has 0 atom stereocenters. The first-order valence-corrected chi connectivity index (χ1v) is 17.1. The molecule has 230 valence electrons. The molecule has 0 unspecified atom stereocenters. The molecule has 0 aliphatic rings. The maximum Gasteiger partial charge on any atom is 0.165 e. The Morgan fingerprint density at radius 2 is 0.940 bits per heavy atom. The van der Waals surface area contributed by atoms with E-state index in [1.54, 1.807) is 0 Å². The fourth-order valence-corrected chi connectivity index (χ4v) is 8.46. The maximum atomic E-state index is 5.24. The largest absolute Gasteiger partial charge is 0.309 e. The summed E-state index contributed by atoms with van der Waals surface area (Å²) in [5, 5.41) is 11.0. The molecular formula is C46H26N4. The Hall–Kier alpha value is -6.78. The van der Waals surface area contributed by atoms with Crippen molar-refractivity contribution in [2.45, 2.75) is 0 Å². The van der Waals surface area contributed by atoms with E-state index < -0.39 is 0 Å². The van der Waals surface area contributed by atoms with Crippen LogP contribution >= 0.6 is 0 Å². The van der Waals surface area contributed by atoms with E-state index in [2.05, 4.69) is 155 Å². The quantitative estimate of drug-likeness (QED) is 0.190. The molecule has 0 aliphatic carbocycles. The normalized spacial score (nSPS) is 12.4. The Balaban J connectivity index is 1.20. The molecule has 4 heteroatoms. The molecule has 0 saturated heterocycles. The Labute approximate surface area is 285 Å². The molecule has 0 spiro atoms. The highest BCUT2D eigenvalue weighted by molar-refractivity contribution is 6.25. The van der Waals surface area contributed by atoms with Crippen molar-refractivity contribution >= 4 is 92.7 Å². The summed E-state index contributed by atoms with van der Waals surface area (Å²) in [7, 11) is 0. The average molecular weight is 635 g/mol. The van der Waals surface area contributed by atoms with Gasteiger partial charge in [0, 0.05) is 32.6 Å². The molecule has 4 heterocycles. The van der Waals surface area contributed by atoms with Crippen LogP contribution < -0.4 is 0 Å². The van der Waals surface area contributed by atoms with Crippen molar-refractivity contribution < 1.29 is 0 Å². The molecule has 4 nitrogen and oxygen atoms in total. The van der Waals surface area contributed by atoms with E-state index in [0.717, 1.165) is 38.8 Å². The van der Waals surface area contributed by atoms with Gasteiger partial charge in [0.05, 0.1) is 33.1 Å². The van der Waals surface area contributed by atoms with Crippen molar-refractivity contribution in [2.24, 2.45) is 0 Å². The predicted molar refractivity (Wildman–Crippen MR) is 209 cm³/mol. The fraction of sp³-hybridized carbons (Fsp3) is 0. The zero-order valence-corrected chi connectivity index (χ0v) is 26.8. The van der Waals surface area contributed by atoms with E-state index in [1.807, 2.05) is 12.1 Å². The van der Waals surface area contributed by atoms with Gasteiger partial charge in [-0.1, -0.05) is 84.9 Å². The molecule has 50 heavy (non-hydrogen) atoms. The van der Waals surface area contributed by atoms with E-state index in [1.165, 1.54) is 70.8 Å². The first kappa shape index (κ1) is 26.2. The topological polar surface area (TPSA) is 35.1 Å². The van der Waals surface area contributed by atoms with Crippen LogP contribution in [0.1, 0.15) is 0 Å². The molecule has 8 aromatic carbocycles. The number of para-hydroxylation sites is 3. The van der Waals surface area contributed by atoms with Crippen molar-refractivity contribution in [3.8, 4) is 16.8 Å². The second-order valence-corrected chi connectivity index (χ2v) is 13.5. The monoisotopic (exact) mass is 634 g/mol. The summed E-state index contributed by atoms with van der Waals surface area (Å²) >= 11 is 0. The molecule has 12 aromatic rings. The van der Waals surface area contributed by atoms with Crippen molar-refractivity contribution in [2.75, 3.05) is 0 Å². The third-order valence-electron chi connectivity index (χ3n) is 10.7. The Kier molecular flexibility index (Phi) is 4.94. The van der Waals surface area contributed by atoms with Crippen LogP contribution in [0.15, 0.2) is 158 Å². The molecular weight excluding hydrogens is 609 g/mol. The van der Waals surface area contributed by atoms with Gasteiger partial charge in [-0.2, -0.15) is 0 Å². The van der Waals surface area contributed by atoms with Gasteiger partial charge in [-0.15, -0.1) is 0 Å². The van der Waals surface area contributed by atoms with Crippen LogP contribution in [-0.4, -0.2) is 18.9 Å². The Morgan fingerprint density at radius 1 is 0.380 bits per heavy atom. The third kappa shape index (κ3) is 3.44. The minimum Gasteiger partial charge on any atom is -0.309 e. The molecule has 0 amide bonds. The van der Waals surface area contributed by atoms with Crippen molar-refractivity contribution in [1.29, 1.82) is 0 Å². The second-order valence-electron chi connectivity index (χ2n) is 13.5.